The maximum absolute atomic E-state index is 9.95. The van der Waals surface area contributed by atoms with Crippen LogP contribution in [0, 0.1) is 0 Å². The zero-order valence-corrected chi connectivity index (χ0v) is 10.0. The number of phenolic OH excluding ortho intramolecular Hbond substituents is 1. The fraction of sp³-hybridized carbons (Fsp3) is 0.167. The van der Waals surface area contributed by atoms with Gasteiger partial charge in [-0.3, -0.25) is 0 Å². The summed E-state index contributed by atoms with van der Waals surface area (Å²) >= 11 is 7.23. The third kappa shape index (κ3) is 2.76. The van der Waals surface area contributed by atoms with Gasteiger partial charge in [0.2, 0.25) is 0 Å². The molecule has 0 bridgehead atoms. The monoisotopic (exact) mass is 254 g/mol. The normalized spacial score (nSPS) is 12.6. The zero-order chi connectivity index (χ0) is 11.5. The number of halogens is 1. The Morgan fingerprint density at radius 1 is 1.31 bits per heavy atom. The van der Waals surface area contributed by atoms with Gasteiger partial charge in [0, 0.05) is 16.7 Å². The SMILES string of the molecule is Oc1cccc(CC(O)c2cc(Cl)cs2)c1. The van der Waals surface area contributed by atoms with Crippen LogP contribution in [0.25, 0.3) is 0 Å². The summed E-state index contributed by atoms with van der Waals surface area (Å²) < 4.78 is 0. The predicted octanol–water partition coefficient (Wildman–Crippen LogP) is 3.38. The Morgan fingerprint density at radius 2 is 2.12 bits per heavy atom. The fourth-order valence-corrected chi connectivity index (χ4v) is 2.58. The summed E-state index contributed by atoms with van der Waals surface area (Å²) in [5.41, 5.74) is 0.900. The molecule has 4 heteroatoms. The van der Waals surface area contributed by atoms with Crippen molar-refractivity contribution >= 4 is 22.9 Å². The van der Waals surface area contributed by atoms with E-state index < -0.39 is 6.10 Å². The van der Waals surface area contributed by atoms with Crippen LogP contribution < -0.4 is 0 Å². The smallest absolute Gasteiger partial charge is 0.115 e. The minimum atomic E-state index is -0.570. The molecule has 0 saturated heterocycles. The molecule has 84 valence electrons. The van der Waals surface area contributed by atoms with E-state index >= 15 is 0 Å². The van der Waals surface area contributed by atoms with E-state index in [1.807, 2.05) is 6.07 Å². The highest BCUT2D eigenvalue weighted by Gasteiger charge is 2.11. The Bertz CT molecular complexity index is 481. The highest BCUT2D eigenvalue weighted by Crippen LogP contribution is 2.28. The molecule has 2 rings (SSSR count). The van der Waals surface area contributed by atoms with Crippen LogP contribution in [0.3, 0.4) is 0 Å². The van der Waals surface area contributed by atoms with Crippen molar-refractivity contribution in [3.8, 4) is 5.75 Å². The lowest BCUT2D eigenvalue weighted by atomic mass is 10.1. The average molecular weight is 255 g/mol. The summed E-state index contributed by atoms with van der Waals surface area (Å²) in [4.78, 5) is 0.841. The first-order valence-electron chi connectivity index (χ1n) is 4.85. The Kier molecular flexibility index (Phi) is 3.49. The average Bonchev–Trinajstić information content (AvgIpc) is 2.65. The van der Waals surface area contributed by atoms with Gasteiger partial charge in [-0.2, -0.15) is 0 Å². The van der Waals surface area contributed by atoms with Gasteiger partial charge in [-0.05, 0) is 23.8 Å². The number of aromatic hydroxyl groups is 1. The van der Waals surface area contributed by atoms with Crippen molar-refractivity contribution in [2.45, 2.75) is 12.5 Å². The standard InChI is InChI=1S/C12H11ClO2S/c13-9-6-12(16-7-9)11(15)5-8-2-1-3-10(14)4-8/h1-4,6-7,11,14-15H,5H2. The topological polar surface area (TPSA) is 40.5 Å². The molecule has 2 nitrogen and oxygen atoms in total. The highest BCUT2D eigenvalue weighted by atomic mass is 35.5. The van der Waals surface area contributed by atoms with E-state index in [4.69, 9.17) is 11.6 Å². The molecule has 0 amide bonds. The first-order valence-corrected chi connectivity index (χ1v) is 6.11. The number of benzene rings is 1. The van der Waals surface area contributed by atoms with Crippen molar-refractivity contribution < 1.29 is 10.2 Å². The third-order valence-electron chi connectivity index (χ3n) is 2.26. The summed E-state index contributed by atoms with van der Waals surface area (Å²) in [6, 6.07) is 8.66. The molecule has 1 heterocycles. The Labute approximate surface area is 103 Å². The molecular weight excluding hydrogens is 244 g/mol. The van der Waals surface area contributed by atoms with Crippen LogP contribution in [0.5, 0.6) is 5.75 Å². The van der Waals surface area contributed by atoms with Crippen molar-refractivity contribution in [2.75, 3.05) is 0 Å². The molecule has 0 aliphatic carbocycles. The molecule has 0 aliphatic rings. The molecule has 0 aliphatic heterocycles. The second-order valence-electron chi connectivity index (χ2n) is 3.56. The summed E-state index contributed by atoms with van der Waals surface area (Å²) in [7, 11) is 0. The molecule has 0 radical (unpaired) electrons. The second kappa shape index (κ2) is 4.87. The minimum Gasteiger partial charge on any atom is -0.508 e. The van der Waals surface area contributed by atoms with Crippen molar-refractivity contribution in [3.05, 3.63) is 51.2 Å². The molecule has 0 spiro atoms. The number of hydrogen-bond acceptors (Lipinski definition) is 3. The molecule has 1 aromatic heterocycles. The van der Waals surface area contributed by atoms with Crippen molar-refractivity contribution in [2.24, 2.45) is 0 Å². The molecule has 0 saturated carbocycles. The molecule has 1 aromatic carbocycles. The van der Waals surface area contributed by atoms with E-state index in [1.165, 1.54) is 11.3 Å². The highest BCUT2D eigenvalue weighted by molar-refractivity contribution is 7.10. The van der Waals surface area contributed by atoms with E-state index in [9.17, 15) is 10.2 Å². The summed E-state index contributed by atoms with van der Waals surface area (Å²) in [6.07, 6.45) is -0.0927. The first-order chi connectivity index (χ1) is 7.65. The lowest BCUT2D eigenvalue weighted by Crippen LogP contribution is -1.99. The number of thiophene rings is 1. The van der Waals surface area contributed by atoms with Crippen molar-refractivity contribution in [1.82, 2.24) is 0 Å². The van der Waals surface area contributed by atoms with Gasteiger partial charge in [-0.15, -0.1) is 11.3 Å². The van der Waals surface area contributed by atoms with Crippen LogP contribution >= 0.6 is 22.9 Å². The number of rotatable bonds is 3. The molecule has 2 N–H and O–H groups in total. The Hall–Kier alpha value is -1.03. The van der Waals surface area contributed by atoms with Gasteiger partial charge >= 0.3 is 0 Å². The molecule has 0 fully saturated rings. The van der Waals surface area contributed by atoms with E-state index in [2.05, 4.69) is 0 Å². The first kappa shape index (κ1) is 11.5. The van der Waals surface area contributed by atoms with Gasteiger partial charge in [0.05, 0.1) is 11.1 Å². The van der Waals surface area contributed by atoms with E-state index in [1.54, 1.807) is 29.6 Å². The molecule has 1 atom stereocenters. The number of phenols is 1. The number of aliphatic hydroxyl groups is 1. The van der Waals surface area contributed by atoms with Crippen LogP contribution in [0.2, 0.25) is 5.02 Å². The van der Waals surface area contributed by atoms with Gasteiger partial charge in [0.1, 0.15) is 5.75 Å². The summed E-state index contributed by atoms with van der Waals surface area (Å²) in [6.45, 7) is 0. The predicted molar refractivity (Wildman–Crippen MR) is 66.1 cm³/mol. The van der Waals surface area contributed by atoms with Crippen molar-refractivity contribution in [3.63, 3.8) is 0 Å². The van der Waals surface area contributed by atoms with Gasteiger partial charge in [-0.1, -0.05) is 23.7 Å². The van der Waals surface area contributed by atoms with Gasteiger partial charge in [0.25, 0.3) is 0 Å². The molecule has 2 aromatic rings. The molecular formula is C12H11ClO2S. The maximum atomic E-state index is 9.95. The number of hydrogen-bond donors (Lipinski definition) is 2. The second-order valence-corrected chi connectivity index (χ2v) is 4.94. The van der Waals surface area contributed by atoms with Gasteiger partial charge < -0.3 is 10.2 Å². The van der Waals surface area contributed by atoms with Gasteiger partial charge in [0.15, 0.2) is 0 Å². The van der Waals surface area contributed by atoms with E-state index in [-0.39, 0.29) is 5.75 Å². The quantitative estimate of drug-likeness (QED) is 0.882. The lowest BCUT2D eigenvalue weighted by Gasteiger charge is -2.08. The fourth-order valence-electron chi connectivity index (χ4n) is 1.51. The lowest BCUT2D eigenvalue weighted by molar-refractivity contribution is 0.182. The maximum Gasteiger partial charge on any atom is 0.115 e. The van der Waals surface area contributed by atoms with E-state index in [0.29, 0.717) is 11.4 Å². The van der Waals surface area contributed by atoms with Crippen LogP contribution in [0.15, 0.2) is 35.7 Å². The third-order valence-corrected chi connectivity index (χ3v) is 3.64. The van der Waals surface area contributed by atoms with Crippen LogP contribution in [-0.2, 0) is 6.42 Å². The zero-order valence-electron chi connectivity index (χ0n) is 8.43. The van der Waals surface area contributed by atoms with Crippen molar-refractivity contribution in [1.29, 1.82) is 0 Å². The van der Waals surface area contributed by atoms with Crippen LogP contribution in [0.4, 0.5) is 0 Å². The molecule has 16 heavy (non-hydrogen) atoms. The summed E-state index contributed by atoms with van der Waals surface area (Å²) in [5.74, 6) is 0.217. The Morgan fingerprint density at radius 3 is 2.75 bits per heavy atom. The largest absolute Gasteiger partial charge is 0.508 e. The summed E-state index contributed by atoms with van der Waals surface area (Å²) in [5, 5.41) is 21.7. The Balaban J connectivity index is 2.10. The minimum absolute atomic E-state index is 0.217. The number of aliphatic hydroxyl groups excluding tert-OH is 1. The van der Waals surface area contributed by atoms with Gasteiger partial charge in [-0.25, -0.2) is 0 Å². The molecule has 1 unspecified atom stereocenters. The van der Waals surface area contributed by atoms with Crippen LogP contribution in [-0.4, -0.2) is 10.2 Å². The van der Waals surface area contributed by atoms with E-state index in [0.717, 1.165) is 10.4 Å². The van der Waals surface area contributed by atoms with Crippen LogP contribution in [0.1, 0.15) is 16.5 Å².